The van der Waals surface area contributed by atoms with Crippen LogP contribution in [-0.4, -0.2) is 25.4 Å². The predicted molar refractivity (Wildman–Crippen MR) is 80.4 cm³/mol. The van der Waals surface area contributed by atoms with E-state index >= 15 is 0 Å². The second kappa shape index (κ2) is 5.40. The van der Waals surface area contributed by atoms with E-state index in [1.54, 1.807) is 11.5 Å². The number of hydrogen-bond donors (Lipinski definition) is 0. The van der Waals surface area contributed by atoms with Crippen molar-refractivity contribution in [2.45, 2.75) is 32.3 Å². The second-order valence-electron chi connectivity index (χ2n) is 5.13. The Bertz CT molecular complexity index is 777. The SMILES string of the molecule is CSc1nc(C)nc2c1c(=O)n(C)c(=O)n2CC(C)C. The van der Waals surface area contributed by atoms with Crippen LogP contribution in [0.2, 0.25) is 0 Å². The van der Waals surface area contributed by atoms with Crippen molar-refractivity contribution in [2.24, 2.45) is 13.0 Å². The number of nitrogens with zero attached hydrogens (tertiary/aromatic N) is 4. The van der Waals surface area contributed by atoms with Gasteiger partial charge >= 0.3 is 5.69 Å². The Balaban J connectivity index is 3.02. The van der Waals surface area contributed by atoms with E-state index in [0.29, 0.717) is 28.4 Å². The highest BCUT2D eigenvalue weighted by Gasteiger charge is 2.17. The summed E-state index contributed by atoms with van der Waals surface area (Å²) in [5.74, 6) is 0.841. The number of thioether (sulfide) groups is 1. The number of fused-ring (bicyclic) bond motifs is 1. The van der Waals surface area contributed by atoms with Crippen molar-refractivity contribution in [1.29, 1.82) is 0 Å². The summed E-state index contributed by atoms with van der Waals surface area (Å²) in [7, 11) is 1.49. The molecule has 6 nitrogen and oxygen atoms in total. The van der Waals surface area contributed by atoms with Gasteiger partial charge in [-0.05, 0) is 19.1 Å². The lowest BCUT2D eigenvalue weighted by Crippen LogP contribution is -2.39. The highest BCUT2D eigenvalue weighted by molar-refractivity contribution is 7.98. The lowest BCUT2D eigenvalue weighted by Gasteiger charge is -2.14. The molecule has 0 bridgehead atoms. The Labute approximate surface area is 120 Å². The van der Waals surface area contributed by atoms with Gasteiger partial charge in [0.15, 0.2) is 5.65 Å². The van der Waals surface area contributed by atoms with E-state index in [4.69, 9.17) is 0 Å². The molecule has 0 atom stereocenters. The van der Waals surface area contributed by atoms with E-state index in [1.807, 2.05) is 20.1 Å². The van der Waals surface area contributed by atoms with Gasteiger partial charge in [-0.15, -0.1) is 11.8 Å². The molecule has 0 aromatic carbocycles. The lowest BCUT2D eigenvalue weighted by molar-refractivity contribution is 0.498. The molecule has 0 spiro atoms. The molecule has 0 N–H and O–H groups in total. The van der Waals surface area contributed by atoms with Crippen LogP contribution in [0.1, 0.15) is 19.7 Å². The molecule has 0 aliphatic carbocycles. The topological polar surface area (TPSA) is 69.8 Å². The van der Waals surface area contributed by atoms with Crippen LogP contribution in [0, 0.1) is 12.8 Å². The summed E-state index contributed by atoms with van der Waals surface area (Å²) >= 11 is 1.39. The third-order valence-corrected chi connectivity index (χ3v) is 3.68. The van der Waals surface area contributed by atoms with Crippen molar-refractivity contribution in [2.75, 3.05) is 6.26 Å². The molecule has 2 aromatic rings. The number of hydrogen-bond acceptors (Lipinski definition) is 5. The smallest absolute Gasteiger partial charge is 0.277 e. The van der Waals surface area contributed by atoms with E-state index in [1.165, 1.54) is 18.8 Å². The largest absolute Gasteiger partial charge is 0.332 e. The standard InChI is InChI=1S/C13H18N4O2S/c1-7(2)6-17-10-9(12(18)16(4)13(17)19)11(20-5)15-8(3)14-10/h7H,6H2,1-5H3. The van der Waals surface area contributed by atoms with Gasteiger partial charge in [0.1, 0.15) is 16.2 Å². The van der Waals surface area contributed by atoms with Gasteiger partial charge < -0.3 is 0 Å². The molecule has 7 heteroatoms. The van der Waals surface area contributed by atoms with Gasteiger partial charge in [-0.25, -0.2) is 14.8 Å². The summed E-state index contributed by atoms with van der Waals surface area (Å²) in [6.07, 6.45) is 1.86. The number of aryl methyl sites for hydroxylation is 1. The molecule has 0 saturated carbocycles. The maximum atomic E-state index is 12.3. The predicted octanol–water partition coefficient (Wildman–Crippen LogP) is 1.18. The summed E-state index contributed by atoms with van der Waals surface area (Å²) in [4.78, 5) is 33.3. The summed E-state index contributed by atoms with van der Waals surface area (Å²) in [5, 5.41) is 1.04. The van der Waals surface area contributed by atoms with E-state index in [9.17, 15) is 9.59 Å². The zero-order chi connectivity index (χ0) is 15.0. The second-order valence-corrected chi connectivity index (χ2v) is 5.92. The quantitative estimate of drug-likeness (QED) is 0.628. The fourth-order valence-electron chi connectivity index (χ4n) is 2.12. The first-order valence-electron chi connectivity index (χ1n) is 6.39. The molecular formula is C13H18N4O2S. The van der Waals surface area contributed by atoms with Gasteiger partial charge in [0.2, 0.25) is 0 Å². The first-order valence-corrected chi connectivity index (χ1v) is 7.61. The van der Waals surface area contributed by atoms with Gasteiger partial charge in [0, 0.05) is 13.6 Å². The fraction of sp³-hybridized carbons (Fsp3) is 0.538. The van der Waals surface area contributed by atoms with Crippen LogP contribution >= 0.6 is 11.8 Å². The van der Waals surface area contributed by atoms with Crippen LogP contribution in [0.5, 0.6) is 0 Å². The molecule has 0 fully saturated rings. The third-order valence-electron chi connectivity index (χ3n) is 3.00. The molecule has 0 aliphatic heterocycles. The summed E-state index contributed by atoms with van der Waals surface area (Å²) in [5.41, 5.74) is -0.237. The van der Waals surface area contributed by atoms with E-state index in [2.05, 4.69) is 9.97 Å². The van der Waals surface area contributed by atoms with Crippen molar-refractivity contribution in [3.63, 3.8) is 0 Å². The normalized spacial score (nSPS) is 11.5. The van der Waals surface area contributed by atoms with Crippen LogP contribution in [0.4, 0.5) is 0 Å². The van der Waals surface area contributed by atoms with Crippen LogP contribution < -0.4 is 11.2 Å². The zero-order valence-corrected chi connectivity index (χ0v) is 13.1. The first-order chi connectivity index (χ1) is 9.36. The minimum absolute atomic E-state index is 0.279. The molecule has 0 unspecified atom stereocenters. The summed E-state index contributed by atoms with van der Waals surface area (Å²) in [6, 6.07) is 0. The van der Waals surface area contributed by atoms with Gasteiger partial charge in [0.25, 0.3) is 5.56 Å². The minimum atomic E-state index is -0.339. The Morgan fingerprint density at radius 2 is 1.90 bits per heavy atom. The van der Waals surface area contributed by atoms with Crippen LogP contribution in [0.3, 0.4) is 0 Å². The van der Waals surface area contributed by atoms with Gasteiger partial charge in [0.05, 0.1) is 0 Å². The zero-order valence-electron chi connectivity index (χ0n) is 12.3. The van der Waals surface area contributed by atoms with E-state index in [-0.39, 0.29) is 17.2 Å². The molecule has 0 radical (unpaired) electrons. The fourth-order valence-corrected chi connectivity index (χ4v) is 2.72. The average molecular weight is 294 g/mol. The van der Waals surface area contributed by atoms with E-state index < -0.39 is 0 Å². The molecule has 0 saturated heterocycles. The number of aromatic nitrogens is 4. The van der Waals surface area contributed by atoms with Crippen molar-refractivity contribution in [3.8, 4) is 0 Å². The Morgan fingerprint density at radius 3 is 2.45 bits per heavy atom. The molecule has 0 aliphatic rings. The van der Waals surface area contributed by atoms with Crippen LogP contribution in [0.25, 0.3) is 11.0 Å². The molecule has 2 aromatic heterocycles. The molecule has 108 valence electrons. The molecule has 20 heavy (non-hydrogen) atoms. The lowest BCUT2D eigenvalue weighted by atomic mass is 10.2. The third kappa shape index (κ3) is 2.37. The summed E-state index contributed by atoms with van der Waals surface area (Å²) < 4.78 is 2.69. The Kier molecular flexibility index (Phi) is 3.99. The maximum Gasteiger partial charge on any atom is 0.332 e. The van der Waals surface area contributed by atoms with Crippen LogP contribution in [0.15, 0.2) is 14.6 Å². The molecular weight excluding hydrogens is 276 g/mol. The van der Waals surface area contributed by atoms with Gasteiger partial charge in [-0.3, -0.25) is 13.9 Å². The average Bonchev–Trinajstić information content (AvgIpc) is 2.39. The number of rotatable bonds is 3. The highest BCUT2D eigenvalue weighted by Crippen LogP contribution is 2.19. The van der Waals surface area contributed by atoms with Crippen molar-refractivity contribution < 1.29 is 0 Å². The molecule has 2 heterocycles. The molecule has 2 rings (SSSR count). The Morgan fingerprint density at radius 1 is 1.25 bits per heavy atom. The van der Waals surface area contributed by atoms with E-state index in [0.717, 1.165) is 4.57 Å². The Hall–Kier alpha value is -1.63. The van der Waals surface area contributed by atoms with Crippen molar-refractivity contribution >= 4 is 22.8 Å². The van der Waals surface area contributed by atoms with Crippen molar-refractivity contribution in [1.82, 2.24) is 19.1 Å². The van der Waals surface area contributed by atoms with Crippen molar-refractivity contribution in [3.05, 3.63) is 26.7 Å². The minimum Gasteiger partial charge on any atom is -0.277 e. The monoisotopic (exact) mass is 294 g/mol. The molecule has 0 amide bonds. The highest BCUT2D eigenvalue weighted by atomic mass is 32.2. The maximum absolute atomic E-state index is 12.3. The van der Waals surface area contributed by atoms with Crippen LogP contribution in [-0.2, 0) is 13.6 Å². The van der Waals surface area contributed by atoms with Gasteiger partial charge in [-0.1, -0.05) is 13.8 Å². The van der Waals surface area contributed by atoms with Gasteiger partial charge in [-0.2, -0.15) is 0 Å². The first kappa shape index (κ1) is 14.8. The summed E-state index contributed by atoms with van der Waals surface area (Å²) in [6.45, 7) is 6.33.